The maximum absolute atomic E-state index is 12.4. The van der Waals surface area contributed by atoms with Crippen LogP contribution in [0.3, 0.4) is 0 Å². The summed E-state index contributed by atoms with van der Waals surface area (Å²) >= 11 is 0. The Morgan fingerprint density at radius 2 is 1.89 bits per heavy atom. The molecule has 2 aromatic carbocycles. The van der Waals surface area contributed by atoms with E-state index >= 15 is 0 Å². The van der Waals surface area contributed by atoms with Crippen molar-refractivity contribution in [1.82, 2.24) is 0 Å². The number of rotatable bonds is 10. The van der Waals surface area contributed by atoms with Crippen molar-refractivity contribution in [2.45, 2.75) is 0 Å². The zero-order chi connectivity index (χ0) is 19.6. The Kier molecular flexibility index (Phi) is 7.39. The minimum atomic E-state index is -1.07. The first-order chi connectivity index (χ1) is 13.0. The summed E-state index contributed by atoms with van der Waals surface area (Å²) in [6, 6.07) is 11.7. The van der Waals surface area contributed by atoms with Crippen LogP contribution in [0.4, 0.5) is 0 Å². The van der Waals surface area contributed by atoms with Crippen LogP contribution >= 0.6 is 0 Å². The Morgan fingerprint density at radius 3 is 2.59 bits per heavy atom. The average molecular weight is 371 g/mol. The maximum Gasteiger partial charge on any atom is 0.341 e. The van der Waals surface area contributed by atoms with Gasteiger partial charge in [0.15, 0.2) is 12.4 Å². The number of carbonyl (C=O) groups is 2. The lowest BCUT2D eigenvalue weighted by Crippen LogP contribution is -2.10. The predicted molar refractivity (Wildman–Crippen MR) is 100 cm³/mol. The monoisotopic (exact) mass is 371 g/mol. The lowest BCUT2D eigenvalue weighted by molar-refractivity contribution is -0.139. The topological polar surface area (TPSA) is 108 Å². The van der Waals surface area contributed by atoms with Crippen LogP contribution in [0.25, 0.3) is 6.08 Å². The number of ether oxygens (including phenoxy) is 3. The summed E-state index contributed by atoms with van der Waals surface area (Å²) in [5.41, 5.74) is 6.55. The third-order valence-corrected chi connectivity index (χ3v) is 3.49. The van der Waals surface area contributed by atoms with Gasteiger partial charge in [0.05, 0.1) is 7.11 Å². The first kappa shape index (κ1) is 20.0. The number of carbonyl (C=O) groups excluding carboxylic acids is 1. The highest BCUT2D eigenvalue weighted by Crippen LogP contribution is 2.26. The van der Waals surface area contributed by atoms with E-state index < -0.39 is 12.6 Å². The van der Waals surface area contributed by atoms with E-state index in [4.69, 9.17) is 25.1 Å². The minimum absolute atomic E-state index is 0.193. The van der Waals surface area contributed by atoms with Crippen molar-refractivity contribution in [3.63, 3.8) is 0 Å². The van der Waals surface area contributed by atoms with Gasteiger partial charge < -0.3 is 25.1 Å². The van der Waals surface area contributed by atoms with E-state index in [1.165, 1.54) is 13.2 Å². The van der Waals surface area contributed by atoms with Crippen molar-refractivity contribution in [3.05, 3.63) is 59.7 Å². The normalized spacial score (nSPS) is 10.6. The molecule has 0 saturated heterocycles. The van der Waals surface area contributed by atoms with Crippen LogP contribution in [0.15, 0.2) is 48.5 Å². The van der Waals surface area contributed by atoms with Gasteiger partial charge in [-0.15, -0.1) is 0 Å². The summed E-state index contributed by atoms with van der Waals surface area (Å²) in [7, 11) is 1.48. The van der Waals surface area contributed by atoms with Crippen LogP contribution in [0.1, 0.15) is 15.9 Å². The molecular weight excluding hydrogens is 350 g/mol. The summed E-state index contributed by atoms with van der Waals surface area (Å²) in [5.74, 6) is 0.143. The quantitative estimate of drug-likeness (QED) is 0.488. The van der Waals surface area contributed by atoms with Crippen LogP contribution in [-0.4, -0.2) is 43.7 Å². The lowest BCUT2D eigenvalue weighted by atomic mass is 10.1. The first-order valence-electron chi connectivity index (χ1n) is 8.21. The third-order valence-electron chi connectivity index (χ3n) is 3.49. The summed E-state index contributed by atoms with van der Waals surface area (Å²) in [6.07, 6.45) is 3.05. The molecule has 142 valence electrons. The summed E-state index contributed by atoms with van der Waals surface area (Å²) in [5, 5.41) is 8.66. The van der Waals surface area contributed by atoms with Gasteiger partial charge in [0.1, 0.15) is 23.9 Å². The zero-order valence-corrected chi connectivity index (χ0v) is 14.9. The molecule has 2 aromatic rings. The fourth-order valence-electron chi connectivity index (χ4n) is 2.24. The maximum atomic E-state index is 12.4. The lowest BCUT2D eigenvalue weighted by Gasteiger charge is -2.08. The zero-order valence-electron chi connectivity index (χ0n) is 14.9. The molecule has 27 heavy (non-hydrogen) atoms. The molecule has 0 aliphatic rings. The largest absolute Gasteiger partial charge is 0.496 e. The van der Waals surface area contributed by atoms with Gasteiger partial charge in [-0.25, -0.2) is 4.79 Å². The van der Waals surface area contributed by atoms with Crippen molar-refractivity contribution in [2.24, 2.45) is 5.73 Å². The van der Waals surface area contributed by atoms with Crippen molar-refractivity contribution in [1.29, 1.82) is 0 Å². The van der Waals surface area contributed by atoms with E-state index in [2.05, 4.69) is 0 Å². The minimum Gasteiger partial charge on any atom is -0.496 e. The second-order valence-electron chi connectivity index (χ2n) is 5.45. The number of hydrogen-bond acceptors (Lipinski definition) is 6. The highest BCUT2D eigenvalue weighted by Gasteiger charge is 2.07. The van der Waals surface area contributed by atoms with Gasteiger partial charge in [-0.2, -0.15) is 0 Å². The van der Waals surface area contributed by atoms with Crippen LogP contribution < -0.4 is 19.9 Å². The molecular formula is C20H21NO6. The fraction of sp³-hybridized carbons (Fsp3) is 0.200. The summed E-state index contributed by atoms with van der Waals surface area (Å²) in [6.45, 7) is 0.324. The van der Waals surface area contributed by atoms with E-state index in [-0.39, 0.29) is 5.78 Å². The van der Waals surface area contributed by atoms with E-state index in [1.807, 2.05) is 0 Å². The molecule has 0 aliphatic heterocycles. The first-order valence-corrected chi connectivity index (χ1v) is 8.21. The number of nitrogens with two attached hydrogens (primary N) is 1. The molecule has 0 unspecified atom stereocenters. The van der Waals surface area contributed by atoms with E-state index in [0.717, 1.165) is 0 Å². The second kappa shape index (κ2) is 9.98. The Hall–Kier alpha value is -3.32. The van der Waals surface area contributed by atoms with Gasteiger partial charge in [0, 0.05) is 23.7 Å². The third kappa shape index (κ3) is 6.16. The van der Waals surface area contributed by atoms with Gasteiger partial charge in [-0.3, -0.25) is 4.79 Å². The van der Waals surface area contributed by atoms with Crippen molar-refractivity contribution < 1.29 is 28.9 Å². The fourth-order valence-corrected chi connectivity index (χ4v) is 2.24. The Bertz CT molecular complexity index is 831. The highest BCUT2D eigenvalue weighted by atomic mass is 16.5. The molecule has 0 radical (unpaired) electrons. The average Bonchev–Trinajstić information content (AvgIpc) is 2.69. The number of aliphatic carboxylic acids is 1. The molecule has 3 N–H and O–H groups in total. The summed E-state index contributed by atoms with van der Waals surface area (Å²) < 4.78 is 15.8. The molecule has 0 heterocycles. The van der Waals surface area contributed by atoms with Crippen molar-refractivity contribution in [3.8, 4) is 17.2 Å². The number of benzene rings is 2. The smallest absolute Gasteiger partial charge is 0.341 e. The molecule has 7 heteroatoms. The standard InChI is InChI=1S/C20H21NO6/c1-25-19-12-17(27-13-20(23)24)7-5-14(19)6-8-18(22)15-3-2-4-16(11-15)26-10-9-21/h2-8,11-12H,9-10,13,21H2,1H3,(H,23,24)/b8-6+. The number of methoxy groups -OCH3 is 1. The van der Waals surface area contributed by atoms with Crippen LogP contribution in [0.2, 0.25) is 0 Å². The molecule has 2 rings (SSSR count). The Labute approximate surface area is 157 Å². The Morgan fingerprint density at radius 1 is 1.11 bits per heavy atom. The second-order valence-corrected chi connectivity index (χ2v) is 5.45. The molecule has 0 fully saturated rings. The van der Waals surface area contributed by atoms with Crippen LogP contribution in [-0.2, 0) is 4.79 Å². The molecule has 0 saturated carbocycles. The molecule has 0 spiro atoms. The summed E-state index contributed by atoms with van der Waals surface area (Å²) in [4.78, 5) is 23.0. The van der Waals surface area contributed by atoms with Gasteiger partial charge in [-0.1, -0.05) is 12.1 Å². The molecule has 7 nitrogen and oxygen atoms in total. The molecule has 0 atom stereocenters. The molecule has 0 amide bonds. The van der Waals surface area contributed by atoms with Gasteiger partial charge >= 0.3 is 5.97 Å². The van der Waals surface area contributed by atoms with Gasteiger partial charge in [-0.05, 0) is 36.4 Å². The van der Waals surface area contributed by atoms with Crippen molar-refractivity contribution in [2.75, 3.05) is 26.9 Å². The molecule has 0 aliphatic carbocycles. The van der Waals surface area contributed by atoms with Gasteiger partial charge in [0.25, 0.3) is 0 Å². The van der Waals surface area contributed by atoms with Gasteiger partial charge in [0.2, 0.25) is 0 Å². The molecule has 0 bridgehead atoms. The van der Waals surface area contributed by atoms with E-state index in [1.54, 1.807) is 48.5 Å². The Balaban J connectivity index is 2.12. The van der Waals surface area contributed by atoms with E-state index in [9.17, 15) is 9.59 Å². The SMILES string of the molecule is COc1cc(OCC(=O)O)ccc1/C=C/C(=O)c1cccc(OCCN)c1. The number of ketones is 1. The number of allylic oxidation sites excluding steroid dienone is 1. The number of carboxylic acid groups (broad SMARTS) is 1. The number of hydrogen-bond donors (Lipinski definition) is 2. The van der Waals surface area contributed by atoms with Crippen LogP contribution in [0, 0.1) is 0 Å². The van der Waals surface area contributed by atoms with Crippen LogP contribution in [0.5, 0.6) is 17.2 Å². The highest BCUT2D eigenvalue weighted by molar-refractivity contribution is 6.07. The van der Waals surface area contributed by atoms with Crippen molar-refractivity contribution >= 4 is 17.8 Å². The predicted octanol–water partition coefficient (Wildman–Crippen LogP) is 2.39. The van der Waals surface area contributed by atoms with E-state index in [0.29, 0.717) is 41.5 Å². The number of carboxylic acids is 1. The molecule has 0 aromatic heterocycles.